The van der Waals surface area contributed by atoms with Crippen LogP contribution in [0.1, 0.15) is 35.7 Å². The number of carbonyl (C=O) groups excluding carboxylic acids is 2. The maximum atomic E-state index is 12.8. The highest BCUT2D eigenvalue weighted by Crippen LogP contribution is 2.18. The molecule has 3 rings (SSSR count). The van der Waals surface area contributed by atoms with E-state index in [0.717, 1.165) is 24.2 Å². The van der Waals surface area contributed by atoms with Crippen LogP contribution >= 0.6 is 0 Å². The van der Waals surface area contributed by atoms with Crippen molar-refractivity contribution in [2.24, 2.45) is 0 Å². The van der Waals surface area contributed by atoms with E-state index in [4.69, 9.17) is 4.74 Å². The Balaban J connectivity index is 1.52. The van der Waals surface area contributed by atoms with Gasteiger partial charge in [-0.2, -0.15) is 0 Å². The van der Waals surface area contributed by atoms with Crippen LogP contribution in [0.4, 0.5) is 11.4 Å². The monoisotopic (exact) mass is 445 g/mol. The third-order valence-corrected chi connectivity index (χ3v) is 5.06. The molecule has 0 spiro atoms. The lowest BCUT2D eigenvalue weighted by atomic mass is 10.1. The molecule has 0 aliphatic rings. The molecular formula is C27H31N3O3. The molecule has 6 heteroatoms. The molecule has 0 aromatic heterocycles. The van der Waals surface area contributed by atoms with Crippen molar-refractivity contribution in [3.63, 3.8) is 0 Å². The average molecular weight is 446 g/mol. The molecular weight excluding hydrogens is 414 g/mol. The molecule has 172 valence electrons. The van der Waals surface area contributed by atoms with Gasteiger partial charge in [-0.3, -0.25) is 9.59 Å². The van der Waals surface area contributed by atoms with Gasteiger partial charge in [0.05, 0.1) is 13.2 Å². The summed E-state index contributed by atoms with van der Waals surface area (Å²) in [5, 5.41) is 5.96. The number of nitrogens with zero attached hydrogens (tertiary/aromatic N) is 1. The molecule has 0 aliphatic heterocycles. The zero-order valence-corrected chi connectivity index (χ0v) is 19.2. The number of amides is 2. The van der Waals surface area contributed by atoms with Gasteiger partial charge in [-0.25, -0.2) is 0 Å². The van der Waals surface area contributed by atoms with Crippen LogP contribution < -0.4 is 15.4 Å². The Labute approximate surface area is 195 Å². The number of nitrogens with one attached hydrogen (secondary N) is 2. The zero-order chi connectivity index (χ0) is 23.5. The number of benzene rings is 3. The topological polar surface area (TPSA) is 70.7 Å². The van der Waals surface area contributed by atoms with Crippen LogP contribution in [-0.2, 0) is 11.3 Å². The van der Waals surface area contributed by atoms with E-state index in [2.05, 4.69) is 17.6 Å². The lowest BCUT2D eigenvalue weighted by molar-refractivity contribution is -0.114. The van der Waals surface area contributed by atoms with Crippen LogP contribution in [0.5, 0.6) is 5.75 Å². The molecule has 0 bridgehead atoms. The molecule has 0 unspecified atom stereocenters. The van der Waals surface area contributed by atoms with Gasteiger partial charge in [0.15, 0.2) is 0 Å². The Morgan fingerprint density at radius 1 is 0.909 bits per heavy atom. The molecule has 0 radical (unpaired) electrons. The van der Waals surface area contributed by atoms with Crippen molar-refractivity contribution >= 4 is 23.2 Å². The van der Waals surface area contributed by atoms with Gasteiger partial charge in [-0.15, -0.1) is 0 Å². The Morgan fingerprint density at radius 3 is 2.45 bits per heavy atom. The summed E-state index contributed by atoms with van der Waals surface area (Å²) < 4.78 is 5.69. The summed E-state index contributed by atoms with van der Waals surface area (Å²) in [4.78, 5) is 26.9. The van der Waals surface area contributed by atoms with Crippen molar-refractivity contribution in [1.29, 1.82) is 0 Å². The number of carbonyl (C=O) groups is 2. The normalized spacial score (nSPS) is 10.4. The average Bonchev–Trinajstić information content (AvgIpc) is 2.83. The van der Waals surface area contributed by atoms with E-state index in [-0.39, 0.29) is 18.4 Å². The van der Waals surface area contributed by atoms with Crippen LogP contribution in [0.3, 0.4) is 0 Å². The van der Waals surface area contributed by atoms with Gasteiger partial charge in [0.2, 0.25) is 5.91 Å². The molecule has 0 fully saturated rings. The van der Waals surface area contributed by atoms with Crippen LogP contribution in [-0.4, -0.2) is 36.9 Å². The lowest BCUT2D eigenvalue weighted by Gasteiger charge is -2.18. The number of ether oxygens (including phenoxy) is 1. The Kier molecular flexibility index (Phi) is 8.88. The minimum atomic E-state index is -0.182. The SMILES string of the molecule is CCCCOc1cccc(NC(=O)CNc2cccc(C(=O)N(C)Cc3ccccc3)c2)c1. The first-order chi connectivity index (χ1) is 16.0. The highest BCUT2D eigenvalue weighted by atomic mass is 16.5. The van der Waals surface area contributed by atoms with E-state index in [1.807, 2.05) is 60.7 Å². The Bertz CT molecular complexity index is 1050. The van der Waals surface area contributed by atoms with E-state index in [0.29, 0.717) is 30.1 Å². The number of hydrogen-bond acceptors (Lipinski definition) is 4. The third-order valence-electron chi connectivity index (χ3n) is 5.06. The molecule has 6 nitrogen and oxygen atoms in total. The Morgan fingerprint density at radius 2 is 1.67 bits per heavy atom. The first-order valence-electron chi connectivity index (χ1n) is 11.2. The van der Waals surface area contributed by atoms with E-state index in [1.54, 1.807) is 30.1 Å². The summed E-state index contributed by atoms with van der Waals surface area (Å²) >= 11 is 0. The maximum absolute atomic E-state index is 12.8. The van der Waals surface area contributed by atoms with Crippen molar-refractivity contribution in [1.82, 2.24) is 4.90 Å². The predicted octanol–water partition coefficient (Wildman–Crippen LogP) is 5.19. The number of hydrogen-bond donors (Lipinski definition) is 2. The van der Waals surface area contributed by atoms with E-state index in [9.17, 15) is 9.59 Å². The second kappa shape index (κ2) is 12.3. The highest BCUT2D eigenvalue weighted by Gasteiger charge is 2.13. The number of anilines is 2. The first-order valence-corrected chi connectivity index (χ1v) is 11.2. The van der Waals surface area contributed by atoms with Gasteiger partial charge in [-0.1, -0.05) is 55.8 Å². The van der Waals surface area contributed by atoms with Gasteiger partial charge < -0.3 is 20.3 Å². The fourth-order valence-electron chi connectivity index (χ4n) is 3.30. The molecule has 0 aliphatic carbocycles. The third kappa shape index (κ3) is 7.68. The van der Waals surface area contributed by atoms with Crippen molar-refractivity contribution in [3.05, 3.63) is 90.0 Å². The summed E-state index contributed by atoms with van der Waals surface area (Å²) in [5.41, 5.74) is 3.03. The lowest BCUT2D eigenvalue weighted by Crippen LogP contribution is -2.26. The summed E-state index contributed by atoms with van der Waals surface area (Å²) in [6.07, 6.45) is 2.06. The van der Waals surface area contributed by atoms with Crippen molar-refractivity contribution in [3.8, 4) is 5.75 Å². The summed E-state index contributed by atoms with van der Waals surface area (Å²) in [6, 6.07) is 24.4. The molecule has 2 N–H and O–H groups in total. The summed E-state index contributed by atoms with van der Waals surface area (Å²) in [6.45, 7) is 3.38. The fraction of sp³-hybridized carbons (Fsp3) is 0.259. The molecule has 0 saturated heterocycles. The van der Waals surface area contributed by atoms with Crippen LogP contribution in [0.2, 0.25) is 0 Å². The standard InChI is InChI=1S/C27H31N3O3/c1-3-4-16-33-25-15-9-14-24(18-25)29-26(31)19-28-23-13-8-12-22(17-23)27(32)30(2)20-21-10-6-5-7-11-21/h5-15,17-18,28H,3-4,16,19-20H2,1-2H3,(H,29,31). The van der Waals surface area contributed by atoms with Gasteiger partial charge in [0, 0.05) is 36.6 Å². The van der Waals surface area contributed by atoms with Gasteiger partial charge in [-0.05, 0) is 42.3 Å². The zero-order valence-electron chi connectivity index (χ0n) is 19.2. The first kappa shape index (κ1) is 23.9. The second-order valence-corrected chi connectivity index (χ2v) is 7.86. The number of rotatable bonds is 11. The maximum Gasteiger partial charge on any atom is 0.253 e. The van der Waals surface area contributed by atoms with Crippen LogP contribution in [0, 0.1) is 0 Å². The molecule has 0 saturated carbocycles. The van der Waals surface area contributed by atoms with Crippen LogP contribution in [0.15, 0.2) is 78.9 Å². The van der Waals surface area contributed by atoms with E-state index in [1.165, 1.54) is 0 Å². The van der Waals surface area contributed by atoms with Crippen LogP contribution in [0.25, 0.3) is 0 Å². The van der Waals surface area contributed by atoms with E-state index >= 15 is 0 Å². The Hall–Kier alpha value is -3.80. The molecule has 0 heterocycles. The largest absolute Gasteiger partial charge is 0.494 e. The minimum absolute atomic E-state index is 0.0770. The fourth-order valence-corrected chi connectivity index (χ4v) is 3.30. The molecule has 2 amide bonds. The van der Waals surface area contributed by atoms with Crippen molar-refractivity contribution < 1.29 is 14.3 Å². The summed E-state index contributed by atoms with van der Waals surface area (Å²) in [5.74, 6) is 0.477. The molecule has 0 atom stereocenters. The van der Waals surface area contributed by atoms with Crippen molar-refractivity contribution in [2.45, 2.75) is 26.3 Å². The van der Waals surface area contributed by atoms with Gasteiger partial charge >= 0.3 is 0 Å². The number of unbranched alkanes of at least 4 members (excludes halogenated alkanes) is 1. The van der Waals surface area contributed by atoms with Crippen molar-refractivity contribution in [2.75, 3.05) is 30.8 Å². The molecule has 33 heavy (non-hydrogen) atoms. The van der Waals surface area contributed by atoms with E-state index < -0.39 is 0 Å². The van der Waals surface area contributed by atoms with Gasteiger partial charge in [0.25, 0.3) is 5.91 Å². The quantitative estimate of drug-likeness (QED) is 0.399. The predicted molar refractivity (Wildman–Crippen MR) is 133 cm³/mol. The molecule has 3 aromatic rings. The minimum Gasteiger partial charge on any atom is -0.494 e. The molecule has 3 aromatic carbocycles. The second-order valence-electron chi connectivity index (χ2n) is 7.86. The summed E-state index contributed by atoms with van der Waals surface area (Å²) in [7, 11) is 1.78. The highest BCUT2D eigenvalue weighted by molar-refractivity contribution is 5.96. The smallest absolute Gasteiger partial charge is 0.253 e. The van der Waals surface area contributed by atoms with Gasteiger partial charge in [0.1, 0.15) is 5.75 Å².